The van der Waals surface area contributed by atoms with E-state index in [0.717, 1.165) is 19.3 Å². The molecular weight excluding hydrogens is 879 g/mol. The van der Waals surface area contributed by atoms with E-state index in [2.05, 4.69) is 5.32 Å². The number of hydrogen-bond acceptors (Lipinski definition) is 15. The van der Waals surface area contributed by atoms with Crippen LogP contribution in [0.5, 0.6) is 0 Å². The lowest BCUT2D eigenvalue weighted by Gasteiger charge is -2.68. The molecule has 6 rings (SSSR count). The van der Waals surface area contributed by atoms with Crippen LogP contribution in [0, 0.1) is 22.7 Å². The van der Waals surface area contributed by atoms with Crippen LogP contribution in [0.2, 0.25) is 0 Å². The minimum atomic E-state index is -2.29. The maximum Gasteiger partial charge on any atom is 0.408 e. The molecule has 1 unspecified atom stereocenters. The van der Waals surface area contributed by atoms with Crippen LogP contribution in [0.25, 0.3) is 0 Å². The highest BCUT2D eigenvalue weighted by molar-refractivity contribution is 5.93. The summed E-state index contributed by atoms with van der Waals surface area (Å²) in [7, 11) is 1.42. The smallest absolute Gasteiger partial charge is 0.408 e. The van der Waals surface area contributed by atoms with Crippen molar-refractivity contribution in [3.63, 3.8) is 0 Å². The van der Waals surface area contributed by atoms with Crippen molar-refractivity contribution in [2.75, 3.05) is 20.3 Å². The molecule has 16 heteroatoms. The van der Waals surface area contributed by atoms with Gasteiger partial charge in [0, 0.05) is 38.7 Å². The molecule has 2 bridgehead atoms. The fourth-order valence-corrected chi connectivity index (χ4v) is 11.3. The molecule has 2 aromatic rings. The summed E-state index contributed by atoms with van der Waals surface area (Å²) in [5.41, 5.74) is -7.13. The molecule has 2 saturated carbocycles. The number of Topliss-reactive ketones (excluding diaryl/α,β-unsaturated/α-hetero) is 1. The number of unbranched alkanes of at least 4 members (excludes halogenated alkanes) is 3. The summed E-state index contributed by atoms with van der Waals surface area (Å²) >= 11 is 0. The number of esters is 4. The van der Waals surface area contributed by atoms with Gasteiger partial charge in [0.05, 0.1) is 42.1 Å². The molecule has 3 N–H and O–H groups in total. The average molecular weight is 948 g/mol. The average Bonchev–Trinajstić information content (AvgIpc) is 3.27. The maximum atomic E-state index is 15.7. The highest BCUT2D eigenvalue weighted by atomic mass is 16.6. The zero-order chi connectivity index (χ0) is 50.0. The zero-order valence-corrected chi connectivity index (χ0v) is 41.0. The lowest BCUT2D eigenvalue weighted by molar-refractivity contribution is -0.347. The number of carbonyl (C=O) groups excluding carboxylic acids is 6. The summed E-state index contributed by atoms with van der Waals surface area (Å²) in [6.07, 6.45) is -5.11. The van der Waals surface area contributed by atoms with E-state index >= 15 is 9.59 Å². The Morgan fingerprint density at radius 3 is 2.15 bits per heavy atom. The van der Waals surface area contributed by atoms with E-state index in [9.17, 15) is 29.4 Å². The molecule has 16 nitrogen and oxygen atoms in total. The number of nitrogens with one attached hydrogen (secondary N) is 1. The number of methoxy groups -OCH3 is 1. The minimum absolute atomic E-state index is 0.0374. The molecule has 0 radical (unpaired) electrons. The number of rotatable bonds is 16. The fraction of sp³-hybridized carbons (Fsp3) is 0.615. The van der Waals surface area contributed by atoms with Crippen molar-refractivity contribution in [1.29, 1.82) is 0 Å². The van der Waals surface area contributed by atoms with Gasteiger partial charge in [-0.2, -0.15) is 0 Å². The molecule has 3 aliphatic carbocycles. The van der Waals surface area contributed by atoms with Gasteiger partial charge in [0.1, 0.15) is 35.6 Å². The number of hydrogen-bond donors (Lipinski definition) is 3. The number of ether oxygens (including phenoxy) is 7. The Bertz CT molecular complexity index is 2220. The second-order valence-corrected chi connectivity index (χ2v) is 20.4. The Kier molecular flexibility index (Phi) is 15.7. The van der Waals surface area contributed by atoms with Crippen LogP contribution in [0.3, 0.4) is 0 Å². The van der Waals surface area contributed by atoms with Crippen molar-refractivity contribution in [1.82, 2.24) is 5.32 Å². The van der Waals surface area contributed by atoms with Gasteiger partial charge in [0.15, 0.2) is 11.4 Å². The standard InChI is InChI=1S/C52H69NO15/c1-11-12-13-20-25-38(56)65-41(40(32-21-16-14-17-22-32)53-47(60)68-48(4,5)6)46(59)64-35-27-52(61)44(66-45(58)33-23-18-15-19-24-33)42-50(9,43(57)34(28-54)39(30(35)2)49(52,7)8)36(62-10)26-37-51(42,29-63-37)67-31(3)55/h14-19,21-24,34-37,40-42,44,54,61H,11-13,20,25-29H2,1-10H3,(H,53,60)/t34-,35+,36?,37-,40+,41-,42+,44+,50-,51+,52-/m1/s1. The quantitative estimate of drug-likeness (QED) is 0.0692. The minimum Gasteiger partial charge on any atom is -0.455 e. The number of ketones is 1. The van der Waals surface area contributed by atoms with E-state index in [1.54, 1.807) is 97.0 Å². The molecule has 2 aromatic carbocycles. The molecule has 11 atom stereocenters. The SMILES string of the molecule is CCCCCCC(=O)O[C@@H](C(=O)O[C@H]1C[C@@]2(O)[C@@H](OC(=O)c3ccccc3)[C@@H]3[C@]4(OC(C)=O)CO[C@@H]4CC(OC)[C@@]3(C)C(=O)[C@H](CO)C(=C1C)C2(C)C)[C@@H](NC(=O)OC(C)(C)C)c1ccccc1. The van der Waals surface area contributed by atoms with E-state index in [1.807, 2.05) is 6.92 Å². The van der Waals surface area contributed by atoms with Crippen LogP contribution in [0.15, 0.2) is 71.8 Å². The van der Waals surface area contributed by atoms with Gasteiger partial charge in [-0.1, -0.05) is 88.6 Å². The van der Waals surface area contributed by atoms with Crippen molar-refractivity contribution < 1.29 is 72.1 Å². The second-order valence-electron chi connectivity index (χ2n) is 20.4. The monoisotopic (exact) mass is 947 g/mol. The van der Waals surface area contributed by atoms with Gasteiger partial charge in [-0.05, 0) is 69.9 Å². The maximum absolute atomic E-state index is 15.7. The number of carbonyl (C=O) groups is 6. The van der Waals surface area contributed by atoms with Crippen molar-refractivity contribution in [3.8, 4) is 0 Å². The first-order valence-corrected chi connectivity index (χ1v) is 23.6. The van der Waals surface area contributed by atoms with Gasteiger partial charge in [0.25, 0.3) is 0 Å². The second kappa shape index (κ2) is 20.4. The zero-order valence-electron chi connectivity index (χ0n) is 41.0. The molecule has 372 valence electrons. The van der Waals surface area contributed by atoms with E-state index in [0.29, 0.717) is 17.6 Å². The Hall–Kier alpha value is -5.16. The van der Waals surface area contributed by atoms with Crippen LogP contribution in [0.4, 0.5) is 4.79 Å². The normalized spacial score (nSPS) is 30.4. The first kappa shape index (κ1) is 52.2. The summed E-state index contributed by atoms with van der Waals surface area (Å²) in [6.45, 7) is 13.9. The predicted molar refractivity (Wildman–Crippen MR) is 246 cm³/mol. The lowest BCUT2D eigenvalue weighted by atomic mass is 9.43. The molecule has 4 aliphatic rings. The van der Waals surface area contributed by atoms with Crippen LogP contribution < -0.4 is 5.32 Å². The molecule has 1 aliphatic heterocycles. The van der Waals surface area contributed by atoms with Crippen LogP contribution >= 0.6 is 0 Å². The van der Waals surface area contributed by atoms with Crippen molar-refractivity contribution >= 4 is 35.8 Å². The molecule has 1 heterocycles. The molecule has 1 amide bonds. The predicted octanol–water partition coefficient (Wildman–Crippen LogP) is 6.68. The highest BCUT2D eigenvalue weighted by Gasteiger charge is 2.78. The molecule has 0 aromatic heterocycles. The highest BCUT2D eigenvalue weighted by Crippen LogP contribution is 2.65. The molecule has 0 spiro atoms. The number of aliphatic hydroxyl groups excluding tert-OH is 1. The third-order valence-corrected chi connectivity index (χ3v) is 14.6. The van der Waals surface area contributed by atoms with Crippen molar-refractivity contribution in [3.05, 3.63) is 82.9 Å². The molecule has 3 fully saturated rings. The topological polar surface area (TPSA) is 220 Å². The first-order valence-electron chi connectivity index (χ1n) is 23.6. The van der Waals surface area contributed by atoms with Gasteiger partial charge >= 0.3 is 30.0 Å². The summed E-state index contributed by atoms with van der Waals surface area (Å²) in [6, 6.07) is 15.1. The van der Waals surface area contributed by atoms with Crippen LogP contribution in [-0.4, -0.2) is 114 Å². The van der Waals surface area contributed by atoms with Crippen LogP contribution in [0.1, 0.15) is 129 Å². The van der Waals surface area contributed by atoms with Gasteiger partial charge in [0.2, 0.25) is 6.10 Å². The molecule has 68 heavy (non-hydrogen) atoms. The third-order valence-electron chi connectivity index (χ3n) is 14.6. The number of alkyl carbamates (subject to hydrolysis) is 1. The van der Waals surface area contributed by atoms with E-state index in [1.165, 1.54) is 26.2 Å². The van der Waals surface area contributed by atoms with E-state index in [-0.39, 0.29) is 30.6 Å². The summed E-state index contributed by atoms with van der Waals surface area (Å²) < 4.78 is 42.9. The van der Waals surface area contributed by atoms with E-state index < -0.39 is 125 Å². The van der Waals surface area contributed by atoms with Gasteiger partial charge < -0.3 is 48.7 Å². The number of fused-ring (bicyclic) bond motifs is 5. The lowest BCUT2D eigenvalue weighted by Crippen LogP contribution is -2.81. The third kappa shape index (κ3) is 9.83. The van der Waals surface area contributed by atoms with Crippen LogP contribution in [-0.2, 0) is 52.3 Å². The van der Waals surface area contributed by atoms with Crippen molar-refractivity contribution in [2.45, 2.75) is 161 Å². The van der Waals surface area contributed by atoms with Crippen molar-refractivity contribution in [2.24, 2.45) is 22.7 Å². The largest absolute Gasteiger partial charge is 0.455 e. The summed E-state index contributed by atoms with van der Waals surface area (Å²) in [4.78, 5) is 85.7. The Labute approximate surface area is 398 Å². The van der Waals surface area contributed by atoms with Gasteiger partial charge in [-0.3, -0.25) is 14.4 Å². The summed E-state index contributed by atoms with van der Waals surface area (Å²) in [5.74, 6) is -6.70. The van der Waals surface area contributed by atoms with Gasteiger partial charge in [-0.15, -0.1) is 0 Å². The Morgan fingerprint density at radius 2 is 1.59 bits per heavy atom. The van der Waals surface area contributed by atoms with E-state index in [4.69, 9.17) is 33.2 Å². The Balaban J connectivity index is 1.54. The fourth-order valence-electron chi connectivity index (χ4n) is 11.3. The molecular formula is C52H69NO15. The number of benzene rings is 2. The number of amides is 1. The molecule has 1 saturated heterocycles. The first-order chi connectivity index (χ1) is 32.0. The van der Waals surface area contributed by atoms with Gasteiger partial charge in [-0.25, -0.2) is 14.4 Å². The summed E-state index contributed by atoms with van der Waals surface area (Å²) in [5, 5.41) is 28.1. The Morgan fingerprint density at radius 1 is 0.941 bits per heavy atom. The number of aliphatic hydroxyl groups is 2.